The van der Waals surface area contributed by atoms with Crippen LogP contribution in [-0.2, 0) is 4.79 Å². The standard InChI is InChI=1S/C16H28N2O3/c1-2-8-16(9-10-16)11-17-15(21)18-13(14(19)20)12-6-4-3-5-7-12/h12-13H,2-11H2,1H3,(H,19,20)(H2,17,18,21). The van der Waals surface area contributed by atoms with Gasteiger partial charge in [-0.3, -0.25) is 0 Å². The van der Waals surface area contributed by atoms with Crippen LogP contribution in [0.2, 0.25) is 0 Å². The first kappa shape index (κ1) is 16.1. The van der Waals surface area contributed by atoms with Crippen LogP contribution in [0.4, 0.5) is 4.79 Å². The highest BCUT2D eigenvalue weighted by atomic mass is 16.4. The average Bonchev–Trinajstić information content (AvgIpc) is 3.24. The Morgan fingerprint density at radius 3 is 2.43 bits per heavy atom. The number of hydrogen-bond donors (Lipinski definition) is 3. The maximum absolute atomic E-state index is 12.0. The Bertz CT molecular complexity index is 374. The molecule has 2 amide bonds. The van der Waals surface area contributed by atoms with E-state index in [-0.39, 0.29) is 17.4 Å². The van der Waals surface area contributed by atoms with E-state index in [0.29, 0.717) is 6.54 Å². The Balaban J connectivity index is 1.79. The molecule has 0 aromatic carbocycles. The van der Waals surface area contributed by atoms with E-state index < -0.39 is 12.0 Å². The highest BCUT2D eigenvalue weighted by Gasteiger charge is 2.41. The van der Waals surface area contributed by atoms with Gasteiger partial charge in [0.05, 0.1) is 0 Å². The van der Waals surface area contributed by atoms with Crippen molar-refractivity contribution in [3.8, 4) is 0 Å². The summed E-state index contributed by atoms with van der Waals surface area (Å²) in [5.41, 5.74) is 0.287. The summed E-state index contributed by atoms with van der Waals surface area (Å²) in [4.78, 5) is 23.4. The summed E-state index contributed by atoms with van der Waals surface area (Å²) in [6, 6.07) is -1.07. The average molecular weight is 296 g/mol. The molecule has 2 aliphatic carbocycles. The molecule has 120 valence electrons. The minimum absolute atomic E-state index is 0.0764. The lowest BCUT2D eigenvalue weighted by molar-refractivity contribution is -0.141. The molecule has 0 spiro atoms. The first-order valence-corrected chi connectivity index (χ1v) is 8.33. The molecule has 1 atom stereocenters. The summed E-state index contributed by atoms with van der Waals surface area (Å²) in [6.45, 7) is 2.83. The fourth-order valence-electron chi connectivity index (χ4n) is 3.53. The maximum atomic E-state index is 12.0. The van der Waals surface area contributed by atoms with Gasteiger partial charge in [0.25, 0.3) is 0 Å². The van der Waals surface area contributed by atoms with Gasteiger partial charge in [0.15, 0.2) is 0 Å². The third-order valence-corrected chi connectivity index (χ3v) is 5.04. The molecule has 2 saturated carbocycles. The van der Waals surface area contributed by atoms with E-state index in [1.807, 2.05) is 0 Å². The molecule has 0 aromatic heterocycles. The predicted octanol–water partition coefficient (Wildman–Crippen LogP) is 2.90. The summed E-state index contributed by atoms with van der Waals surface area (Å²) in [5.74, 6) is -0.834. The first-order chi connectivity index (χ1) is 10.1. The molecule has 0 saturated heterocycles. The Morgan fingerprint density at radius 2 is 1.90 bits per heavy atom. The second kappa shape index (κ2) is 7.14. The number of hydrogen-bond acceptors (Lipinski definition) is 2. The van der Waals surface area contributed by atoms with Crippen LogP contribution < -0.4 is 10.6 Å². The highest BCUT2D eigenvalue weighted by Crippen LogP contribution is 2.48. The SMILES string of the molecule is CCCC1(CNC(=O)NC(C(=O)O)C2CCCCC2)CC1. The van der Waals surface area contributed by atoms with E-state index in [2.05, 4.69) is 17.6 Å². The molecule has 0 aromatic rings. The topological polar surface area (TPSA) is 78.4 Å². The van der Waals surface area contributed by atoms with Crippen LogP contribution in [0.1, 0.15) is 64.7 Å². The van der Waals surface area contributed by atoms with Gasteiger partial charge in [0.2, 0.25) is 0 Å². The second-order valence-electron chi connectivity index (χ2n) is 6.79. The number of urea groups is 1. The van der Waals surface area contributed by atoms with Gasteiger partial charge in [-0.1, -0.05) is 32.6 Å². The van der Waals surface area contributed by atoms with E-state index in [1.54, 1.807) is 0 Å². The van der Waals surface area contributed by atoms with Crippen molar-refractivity contribution in [2.75, 3.05) is 6.54 Å². The molecule has 0 bridgehead atoms. The van der Waals surface area contributed by atoms with Crippen molar-refractivity contribution >= 4 is 12.0 Å². The zero-order chi connectivity index (χ0) is 15.3. The van der Waals surface area contributed by atoms with E-state index in [4.69, 9.17) is 0 Å². The van der Waals surface area contributed by atoms with Crippen LogP contribution in [0, 0.1) is 11.3 Å². The fraction of sp³-hybridized carbons (Fsp3) is 0.875. The summed E-state index contributed by atoms with van der Waals surface area (Å²) >= 11 is 0. The Morgan fingerprint density at radius 1 is 1.24 bits per heavy atom. The third kappa shape index (κ3) is 4.61. The van der Waals surface area contributed by atoms with Crippen LogP contribution in [0.15, 0.2) is 0 Å². The normalized spacial score (nSPS) is 22.3. The van der Waals surface area contributed by atoms with Gasteiger partial charge in [-0.2, -0.15) is 0 Å². The monoisotopic (exact) mass is 296 g/mol. The lowest BCUT2D eigenvalue weighted by Crippen LogP contribution is -2.51. The molecule has 3 N–H and O–H groups in total. The van der Waals surface area contributed by atoms with E-state index in [1.165, 1.54) is 19.3 Å². The van der Waals surface area contributed by atoms with Gasteiger partial charge in [-0.05, 0) is 43.4 Å². The number of carboxylic acids is 1. The van der Waals surface area contributed by atoms with Gasteiger partial charge in [0, 0.05) is 6.54 Å². The van der Waals surface area contributed by atoms with Crippen LogP contribution in [0.3, 0.4) is 0 Å². The second-order valence-corrected chi connectivity index (χ2v) is 6.79. The third-order valence-electron chi connectivity index (χ3n) is 5.04. The summed E-state index contributed by atoms with van der Waals surface area (Å²) < 4.78 is 0. The minimum atomic E-state index is -0.910. The van der Waals surface area contributed by atoms with Crippen molar-refractivity contribution in [3.63, 3.8) is 0 Å². The number of rotatable bonds is 7. The molecule has 2 rings (SSSR count). The van der Waals surface area contributed by atoms with Crippen molar-refractivity contribution in [2.45, 2.75) is 70.8 Å². The van der Waals surface area contributed by atoms with E-state index in [9.17, 15) is 14.7 Å². The highest BCUT2D eigenvalue weighted by molar-refractivity contribution is 5.82. The summed E-state index contributed by atoms with van der Waals surface area (Å²) in [7, 11) is 0. The fourth-order valence-corrected chi connectivity index (χ4v) is 3.53. The van der Waals surface area contributed by atoms with Crippen LogP contribution >= 0.6 is 0 Å². The minimum Gasteiger partial charge on any atom is -0.480 e. The lowest BCUT2D eigenvalue weighted by atomic mass is 9.84. The van der Waals surface area contributed by atoms with Crippen LogP contribution in [-0.4, -0.2) is 29.7 Å². The van der Waals surface area contributed by atoms with Gasteiger partial charge < -0.3 is 15.7 Å². The van der Waals surface area contributed by atoms with Gasteiger partial charge in [-0.25, -0.2) is 9.59 Å². The van der Waals surface area contributed by atoms with E-state index in [0.717, 1.165) is 38.5 Å². The van der Waals surface area contributed by atoms with Crippen LogP contribution in [0.25, 0.3) is 0 Å². The first-order valence-electron chi connectivity index (χ1n) is 8.33. The molecule has 0 radical (unpaired) electrons. The van der Waals surface area contributed by atoms with Crippen molar-refractivity contribution < 1.29 is 14.7 Å². The van der Waals surface area contributed by atoms with Crippen LogP contribution in [0.5, 0.6) is 0 Å². The molecule has 1 unspecified atom stereocenters. The maximum Gasteiger partial charge on any atom is 0.326 e. The largest absolute Gasteiger partial charge is 0.480 e. The van der Waals surface area contributed by atoms with Gasteiger partial charge in [-0.15, -0.1) is 0 Å². The molecular formula is C16H28N2O3. The predicted molar refractivity (Wildman–Crippen MR) is 81.1 cm³/mol. The van der Waals surface area contributed by atoms with Crippen molar-refractivity contribution in [1.82, 2.24) is 10.6 Å². The van der Waals surface area contributed by atoms with Gasteiger partial charge in [0.1, 0.15) is 6.04 Å². The van der Waals surface area contributed by atoms with Gasteiger partial charge >= 0.3 is 12.0 Å². The number of amides is 2. The zero-order valence-electron chi connectivity index (χ0n) is 13.0. The molecule has 5 heteroatoms. The summed E-state index contributed by atoms with van der Waals surface area (Å²) in [6.07, 6.45) is 9.72. The molecule has 21 heavy (non-hydrogen) atoms. The van der Waals surface area contributed by atoms with Crippen molar-refractivity contribution in [1.29, 1.82) is 0 Å². The number of carbonyl (C=O) groups is 2. The number of nitrogens with one attached hydrogen (secondary N) is 2. The molecule has 2 aliphatic rings. The summed E-state index contributed by atoms with van der Waals surface area (Å²) in [5, 5.41) is 14.9. The molecule has 0 aliphatic heterocycles. The van der Waals surface area contributed by atoms with Crippen molar-refractivity contribution in [2.24, 2.45) is 11.3 Å². The molecular weight excluding hydrogens is 268 g/mol. The number of aliphatic carboxylic acids is 1. The molecule has 2 fully saturated rings. The Labute approximate surface area is 126 Å². The Hall–Kier alpha value is -1.26. The quantitative estimate of drug-likeness (QED) is 0.676. The number of carbonyl (C=O) groups excluding carboxylic acids is 1. The molecule has 5 nitrogen and oxygen atoms in total. The lowest BCUT2D eigenvalue weighted by Gasteiger charge is -2.28. The van der Waals surface area contributed by atoms with Crippen molar-refractivity contribution in [3.05, 3.63) is 0 Å². The Kier molecular flexibility index (Phi) is 5.48. The zero-order valence-corrected chi connectivity index (χ0v) is 13.0. The van der Waals surface area contributed by atoms with E-state index >= 15 is 0 Å². The smallest absolute Gasteiger partial charge is 0.326 e. The molecule has 0 heterocycles. The number of carboxylic acid groups (broad SMARTS) is 1.